The van der Waals surface area contributed by atoms with Gasteiger partial charge in [-0.3, -0.25) is 86.8 Å². The van der Waals surface area contributed by atoms with Crippen LogP contribution in [0.1, 0.15) is 63.5 Å². The van der Waals surface area contributed by atoms with E-state index in [4.69, 9.17) is 4.74 Å². The number of carboxylic acid groups (broad SMARTS) is 4. The fraction of sp³-hybridized carbons (Fsp3) is 0.642. The number of carbonyl (C=O) groups excluding carboxylic acids is 9. The second-order valence-electron chi connectivity index (χ2n) is 21.6. The van der Waals surface area contributed by atoms with Crippen molar-refractivity contribution >= 4 is 82.8 Å². The molecule has 7 atom stereocenters. The van der Waals surface area contributed by atoms with Gasteiger partial charge in [-0.15, -0.1) is 0 Å². The van der Waals surface area contributed by atoms with Gasteiger partial charge in [0.15, 0.2) is 5.92 Å². The second-order valence-corrected chi connectivity index (χ2v) is 21.6. The molecule has 6 rings (SSSR count). The Morgan fingerprint density at radius 1 is 0.655 bits per heavy atom. The van der Waals surface area contributed by atoms with Crippen LogP contribution in [-0.4, -0.2) is 268 Å². The Balaban J connectivity index is 0.946. The summed E-state index contributed by atoms with van der Waals surface area (Å²) in [4.78, 5) is 176. The van der Waals surface area contributed by atoms with Crippen molar-refractivity contribution in [3.63, 3.8) is 0 Å². The van der Waals surface area contributed by atoms with Crippen LogP contribution in [0.15, 0.2) is 18.2 Å². The van der Waals surface area contributed by atoms with Gasteiger partial charge >= 0.3 is 29.8 Å². The third-order valence-corrected chi connectivity index (χ3v) is 15.6. The van der Waals surface area contributed by atoms with E-state index in [1.54, 1.807) is 45.6 Å². The molecule has 8 amide bonds. The van der Waals surface area contributed by atoms with E-state index < -0.39 is 126 Å². The Hall–Kier alpha value is -7.87. The normalized spacial score (nSPS) is 21.7. The number of hydrogen-bond acceptors (Lipinski definition) is 19. The van der Waals surface area contributed by atoms with Crippen LogP contribution >= 0.6 is 0 Å². The minimum atomic E-state index is -2.10. The minimum Gasteiger partial charge on any atom is -0.481 e. The summed E-state index contributed by atoms with van der Waals surface area (Å²) in [6.07, 6.45) is -2.22. The molecule has 1 aromatic carbocycles. The number of para-hydroxylation sites is 1. The van der Waals surface area contributed by atoms with E-state index in [-0.39, 0.29) is 103 Å². The lowest BCUT2D eigenvalue weighted by molar-refractivity contribution is -0.156. The Labute approximate surface area is 483 Å². The number of benzene rings is 1. The summed E-state index contributed by atoms with van der Waals surface area (Å²) >= 11 is 0. The van der Waals surface area contributed by atoms with Crippen LogP contribution < -0.4 is 36.8 Å². The van der Waals surface area contributed by atoms with Gasteiger partial charge in [-0.1, -0.05) is 38.5 Å². The van der Waals surface area contributed by atoms with E-state index >= 15 is 0 Å². The summed E-state index contributed by atoms with van der Waals surface area (Å²) in [5.74, 6) is -13.9. The van der Waals surface area contributed by atoms with Crippen molar-refractivity contribution in [2.75, 3.05) is 110 Å². The van der Waals surface area contributed by atoms with Gasteiger partial charge in [-0.05, 0) is 29.9 Å². The monoisotopic (exact) mass is 1180 g/mol. The maximum atomic E-state index is 14.3. The third-order valence-electron chi connectivity index (χ3n) is 15.6. The van der Waals surface area contributed by atoms with Crippen molar-refractivity contribution in [3.8, 4) is 0 Å². The summed E-state index contributed by atoms with van der Waals surface area (Å²) in [5, 5.41) is 63.5. The first-order valence-electron chi connectivity index (χ1n) is 28.0. The zero-order valence-electron chi connectivity index (χ0n) is 47.0. The standard InChI is InChI=1S/C53H76N12O19/c1-3-30(2)45(49(77)57-34-8-7-31-5-4-6-32-23-37(65(46(31)32)50(34)78)48(76)58-36-25-44(74)84-53(36)83)59-39(67)10-11-54-38(66)9-12-55-47(75)35(24-33(51(79)80)52(81)82)56-40(68)26-60-19-21-64(22-20-60)41(69)27-61-13-15-62(28-42(70)71)17-18-63(16-14-61)29-43(72)73/h4-6,30,33-37,45,53,83H,3,7-29H2,1-2H3,(H,54,66)(H,55,75)(H,56,68)(H,57,77)(H,58,76)(H,59,67)(H,70,71)(H,72,73)(H,79,80)(H,81,82)/t30-,34-,35?,36?,37-,45-,53?/m0/s1. The lowest BCUT2D eigenvalue weighted by Gasteiger charge is -2.36. The number of amides is 8. The predicted molar refractivity (Wildman–Crippen MR) is 290 cm³/mol. The zero-order chi connectivity index (χ0) is 61.4. The number of aryl methyl sites for hydroxylation is 1. The van der Waals surface area contributed by atoms with Crippen molar-refractivity contribution < 1.29 is 92.6 Å². The number of ether oxygens (including phenoxy) is 1. The Bertz CT molecular complexity index is 2610. The molecule has 0 bridgehead atoms. The van der Waals surface area contributed by atoms with E-state index in [0.717, 1.165) is 11.1 Å². The molecule has 5 aliphatic heterocycles. The summed E-state index contributed by atoms with van der Waals surface area (Å²) < 4.78 is 4.75. The highest BCUT2D eigenvalue weighted by Gasteiger charge is 2.46. The molecule has 0 spiro atoms. The summed E-state index contributed by atoms with van der Waals surface area (Å²) in [5.41, 5.74) is 2.05. The van der Waals surface area contributed by atoms with Gasteiger partial charge in [0.05, 0.1) is 38.3 Å². The number of esters is 1. The average molecular weight is 1190 g/mol. The van der Waals surface area contributed by atoms with E-state index in [9.17, 15) is 87.9 Å². The highest BCUT2D eigenvalue weighted by Crippen LogP contribution is 2.39. The van der Waals surface area contributed by atoms with Crippen LogP contribution in [0.25, 0.3) is 0 Å². The van der Waals surface area contributed by atoms with Crippen LogP contribution in [0.5, 0.6) is 0 Å². The number of aliphatic carboxylic acids is 4. The van der Waals surface area contributed by atoms with E-state index in [0.29, 0.717) is 57.8 Å². The van der Waals surface area contributed by atoms with Gasteiger partial charge < -0.3 is 67.1 Å². The van der Waals surface area contributed by atoms with Gasteiger partial charge in [0.1, 0.15) is 30.2 Å². The number of nitrogens with one attached hydrogen (secondary N) is 6. The smallest absolute Gasteiger partial charge is 0.317 e. The fourth-order valence-corrected chi connectivity index (χ4v) is 10.7. The number of rotatable bonds is 27. The van der Waals surface area contributed by atoms with Gasteiger partial charge in [0, 0.05) is 104 Å². The molecule has 3 saturated heterocycles. The molecule has 3 unspecified atom stereocenters. The predicted octanol–water partition coefficient (Wildman–Crippen LogP) is -5.44. The topological polar surface area (TPSA) is 424 Å². The number of cyclic esters (lactones) is 1. The number of hydrogen-bond donors (Lipinski definition) is 11. The molecule has 0 radical (unpaired) electrons. The number of aliphatic hydroxyl groups is 1. The molecule has 5 heterocycles. The molecule has 31 heteroatoms. The molecule has 3 fully saturated rings. The lowest BCUT2D eigenvalue weighted by atomic mass is 9.97. The lowest BCUT2D eigenvalue weighted by Crippen LogP contribution is -2.59. The number of carbonyl (C=O) groups is 13. The van der Waals surface area contributed by atoms with Crippen molar-refractivity contribution in [2.24, 2.45) is 11.8 Å². The molecular weight excluding hydrogens is 1110 g/mol. The number of nitrogens with zero attached hydrogens (tertiary/aromatic N) is 6. The maximum absolute atomic E-state index is 14.3. The molecule has 1 aromatic rings. The van der Waals surface area contributed by atoms with Crippen molar-refractivity contribution in [3.05, 3.63) is 29.3 Å². The van der Waals surface area contributed by atoms with Gasteiger partial charge in [0.25, 0.3) is 0 Å². The molecule has 0 saturated carbocycles. The van der Waals surface area contributed by atoms with Crippen LogP contribution in [-0.2, 0) is 79.9 Å². The second kappa shape index (κ2) is 30.6. The first-order chi connectivity index (χ1) is 39.9. The van der Waals surface area contributed by atoms with Crippen LogP contribution in [0.3, 0.4) is 0 Å². The number of carboxylic acids is 4. The van der Waals surface area contributed by atoms with E-state index in [1.807, 2.05) is 11.0 Å². The molecular formula is C53H76N12O19. The summed E-state index contributed by atoms with van der Waals surface area (Å²) in [6, 6.07) is -0.580. The van der Waals surface area contributed by atoms with Gasteiger partial charge in [-0.2, -0.15) is 0 Å². The first kappa shape index (κ1) is 65.3. The van der Waals surface area contributed by atoms with Crippen molar-refractivity contribution in [1.82, 2.24) is 56.4 Å². The highest BCUT2D eigenvalue weighted by molar-refractivity contribution is 6.08. The van der Waals surface area contributed by atoms with Gasteiger partial charge in [-0.25, -0.2) is 0 Å². The number of piperazine rings is 1. The third kappa shape index (κ3) is 18.6. The van der Waals surface area contributed by atoms with E-state index in [1.165, 1.54) is 4.90 Å². The molecule has 0 aromatic heterocycles. The van der Waals surface area contributed by atoms with Gasteiger partial charge in [0.2, 0.25) is 53.5 Å². The zero-order valence-corrected chi connectivity index (χ0v) is 47.0. The molecule has 5 aliphatic rings. The largest absolute Gasteiger partial charge is 0.481 e. The van der Waals surface area contributed by atoms with Crippen LogP contribution in [0.2, 0.25) is 0 Å². The summed E-state index contributed by atoms with van der Waals surface area (Å²) in [6.45, 7) is 5.02. The fourth-order valence-electron chi connectivity index (χ4n) is 10.7. The number of aliphatic hydroxyl groups excluding tert-OH is 1. The minimum absolute atomic E-state index is 0.0239. The summed E-state index contributed by atoms with van der Waals surface area (Å²) in [7, 11) is 0. The quantitative estimate of drug-likeness (QED) is 0.0289. The molecule has 0 aliphatic carbocycles. The van der Waals surface area contributed by atoms with Crippen LogP contribution in [0, 0.1) is 11.8 Å². The van der Waals surface area contributed by atoms with Crippen molar-refractivity contribution in [1.29, 1.82) is 0 Å². The maximum Gasteiger partial charge on any atom is 0.317 e. The number of anilines is 1. The first-order valence-corrected chi connectivity index (χ1v) is 28.0. The molecule has 11 N–H and O–H groups in total. The molecule has 84 heavy (non-hydrogen) atoms. The van der Waals surface area contributed by atoms with Crippen LogP contribution in [0.4, 0.5) is 5.69 Å². The molecule has 462 valence electrons. The Morgan fingerprint density at radius 2 is 1.21 bits per heavy atom. The van der Waals surface area contributed by atoms with Crippen molar-refractivity contribution in [2.45, 2.75) is 102 Å². The Morgan fingerprint density at radius 3 is 1.79 bits per heavy atom. The SMILES string of the molecule is CC[C@H](C)[C@H](NC(=O)CCNC(=O)CCNC(=O)C(CC(C(=O)O)C(=O)O)NC(=O)CN1CCN(C(=O)CN2CCN(CC(=O)O)CCN(CC(=O)O)CC2)CC1)C(=O)N[C@H]1CCc2cccc3c2N(C1=O)[C@H](C(=O)NC1CC(=O)OC1O)C3. The highest BCUT2D eigenvalue weighted by atomic mass is 16.6. The Kier molecular flexibility index (Phi) is 23.8. The molecule has 31 nitrogen and oxygen atoms in total. The average Bonchev–Trinajstić information content (AvgIpc) is 2.66. The van der Waals surface area contributed by atoms with E-state index in [2.05, 4.69) is 31.9 Å².